The Labute approximate surface area is 153 Å². The normalized spacial score (nSPS) is 17.7. The number of rotatable bonds is 3. The Morgan fingerprint density at radius 3 is 0.645 bits per heavy atom. The molecule has 0 bridgehead atoms. The molecule has 0 aliphatic carbocycles. The number of halogens is 21. The van der Waals surface area contributed by atoms with Gasteiger partial charge in [0, 0.05) is 0 Å². The van der Waals surface area contributed by atoms with E-state index in [1.807, 2.05) is 0 Å². The van der Waals surface area contributed by atoms with Crippen LogP contribution in [0.4, 0.5) is 92.2 Å². The van der Waals surface area contributed by atoms with Crippen molar-refractivity contribution in [1.82, 2.24) is 0 Å². The van der Waals surface area contributed by atoms with Gasteiger partial charge in [-0.15, -0.1) is 0 Å². The second kappa shape index (κ2) is 7.01. The Kier molecular flexibility index (Phi) is 6.68. The Bertz CT molecular complexity index is 578. The molecule has 0 rings (SSSR count). The third kappa shape index (κ3) is 4.04. The van der Waals surface area contributed by atoms with Crippen molar-refractivity contribution in [3.8, 4) is 0 Å². The van der Waals surface area contributed by atoms with Crippen LogP contribution in [0.1, 0.15) is 0 Å². The van der Waals surface area contributed by atoms with Crippen LogP contribution in [0, 0.1) is 11.3 Å². The van der Waals surface area contributed by atoms with Gasteiger partial charge < -0.3 is 0 Å². The zero-order valence-electron chi connectivity index (χ0n) is 13.0. The van der Waals surface area contributed by atoms with Crippen LogP contribution >= 0.6 is 0 Å². The average Bonchev–Trinajstić information content (AvgIpc) is 2.34. The summed E-state index contributed by atoms with van der Waals surface area (Å²) in [5.41, 5.74) is -18.3. The quantitative estimate of drug-likeness (QED) is 0.343. The van der Waals surface area contributed by atoms with Crippen LogP contribution in [-0.4, -0.2) is 48.6 Å². The van der Waals surface area contributed by atoms with E-state index in [9.17, 15) is 92.2 Å². The molecule has 188 valence electrons. The molecule has 1 atom stereocenters. The summed E-state index contributed by atoms with van der Waals surface area (Å²) in [6.07, 6.45) is -52.2. The summed E-state index contributed by atoms with van der Waals surface area (Å²) in [5.74, 6) is -17.1. The molecule has 0 aromatic carbocycles. The molecule has 0 radical (unpaired) electrons. The summed E-state index contributed by atoms with van der Waals surface area (Å²) in [7, 11) is 0. The molecule has 0 nitrogen and oxygen atoms in total. The lowest BCUT2D eigenvalue weighted by Gasteiger charge is -2.51. The molecule has 0 aromatic rings. The van der Waals surface area contributed by atoms with Gasteiger partial charge in [0.05, 0.1) is 0 Å². The first-order chi connectivity index (χ1) is 12.9. The molecule has 0 N–H and O–H groups in total. The maximum Gasteiger partial charge on any atom is 0.453 e. The first-order valence-electron chi connectivity index (χ1n) is 6.33. The molecule has 0 spiro atoms. The minimum Gasteiger partial charge on any atom is -0.223 e. The third-order valence-corrected chi connectivity index (χ3v) is 3.74. The highest BCUT2D eigenvalue weighted by Gasteiger charge is 2.99. The standard InChI is InChI=1S/C10HF21/c11-3(8(23,24)25,9(26,27)28)1(4(12,13)10(29,30)31)2(5(14,15)16,6(17,18)19)7(20,21)22/h1H. The summed E-state index contributed by atoms with van der Waals surface area (Å²) in [4.78, 5) is 0. The number of hydrogen-bond acceptors (Lipinski definition) is 0. The van der Waals surface area contributed by atoms with Crippen molar-refractivity contribution in [1.29, 1.82) is 0 Å². The predicted molar refractivity (Wildman–Crippen MR) is 51.0 cm³/mol. The molecule has 0 saturated heterocycles. The van der Waals surface area contributed by atoms with Gasteiger partial charge >= 0.3 is 48.6 Å². The van der Waals surface area contributed by atoms with Crippen molar-refractivity contribution in [3.63, 3.8) is 0 Å². The van der Waals surface area contributed by atoms with Gasteiger partial charge in [-0.3, -0.25) is 0 Å². The van der Waals surface area contributed by atoms with Crippen molar-refractivity contribution in [2.45, 2.75) is 48.6 Å². The highest BCUT2D eigenvalue weighted by atomic mass is 19.5. The first kappa shape index (κ1) is 29.5. The zero-order chi connectivity index (χ0) is 26.1. The van der Waals surface area contributed by atoms with E-state index < -0.39 is 60.0 Å². The van der Waals surface area contributed by atoms with E-state index in [-0.39, 0.29) is 0 Å². The first-order valence-corrected chi connectivity index (χ1v) is 6.33. The Morgan fingerprint density at radius 2 is 0.516 bits per heavy atom. The lowest BCUT2D eigenvalue weighted by atomic mass is 9.62. The zero-order valence-corrected chi connectivity index (χ0v) is 13.0. The van der Waals surface area contributed by atoms with Crippen molar-refractivity contribution in [2.75, 3.05) is 0 Å². The van der Waals surface area contributed by atoms with Crippen molar-refractivity contribution < 1.29 is 92.2 Å². The Hall–Kier alpha value is -1.47. The molecule has 0 aliphatic heterocycles. The molecule has 0 saturated carbocycles. The lowest BCUT2D eigenvalue weighted by Crippen LogP contribution is -2.78. The maximum absolute atomic E-state index is 13.9. The molecular weight excluding hydrogens is 519 g/mol. The van der Waals surface area contributed by atoms with E-state index >= 15 is 0 Å². The molecule has 21 heteroatoms. The largest absolute Gasteiger partial charge is 0.453 e. The smallest absolute Gasteiger partial charge is 0.223 e. The third-order valence-electron chi connectivity index (χ3n) is 3.74. The Balaban J connectivity index is 8.38. The highest BCUT2D eigenvalue weighted by molar-refractivity contribution is 5.19. The van der Waals surface area contributed by atoms with Crippen LogP contribution in [0.3, 0.4) is 0 Å². The second-order valence-electron chi connectivity index (χ2n) is 5.56. The van der Waals surface area contributed by atoms with E-state index in [4.69, 9.17) is 0 Å². The van der Waals surface area contributed by atoms with Crippen LogP contribution < -0.4 is 0 Å². The summed E-state index contributed by atoms with van der Waals surface area (Å²) < 4.78 is 268. The van der Waals surface area contributed by atoms with E-state index in [0.29, 0.717) is 0 Å². The number of hydrogen-bond donors (Lipinski definition) is 0. The molecule has 31 heavy (non-hydrogen) atoms. The van der Waals surface area contributed by atoms with Gasteiger partial charge in [-0.1, -0.05) is 0 Å². The van der Waals surface area contributed by atoms with Gasteiger partial charge in [0.2, 0.25) is 0 Å². The monoisotopic (exact) mass is 520 g/mol. The minimum absolute atomic E-state index is 8.27. The van der Waals surface area contributed by atoms with Gasteiger partial charge in [0.25, 0.3) is 5.41 Å². The van der Waals surface area contributed by atoms with Gasteiger partial charge in [0.1, 0.15) is 5.92 Å². The van der Waals surface area contributed by atoms with Crippen LogP contribution in [0.25, 0.3) is 0 Å². The molecule has 0 amide bonds. The number of alkyl halides is 21. The van der Waals surface area contributed by atoms with Gasteiger partial charge in [0.15, 0.2) is 0 Å². The maximum atomic E-state index is 13.9. The highest BCUT2D eigenvalue weighted by Crippen LogP contribution is 2.73. The molecule has 0 aliphatic rings. The molecular formula is C10HF21. The molecule has 0 aromatic heterocycles. The van der Waals surface area contributed by atoms with Gasteiger partial charge in [-0.05, 0) is 0 Å². The van der Waals surface area contributed by atoms with Crippen molar-refractivity contribution >= 4 is 0 Å². The average molecular weight is 520 g/mol. The fourth-order valence-corrected chi connectivity index (χ4v) is 2.44. The summed E-state index contributed by atoms with van der Waals surface area (Å²) in [6, 6.07) is 0. The van der Waals surface area contributed by atoms with Crippen molar-refractivity contribution in [3.05, 3.63) is 0 Å². The minimum atomic E-state index is -9.22. The van der Waals surface area contributed by atoms with E-state index in [1.54, 1.807) is 0 Å². The van der Waals surface area contributed by atoms with Crippen LogP contribution in [-0.2, 0) is 0 Å². The van der Waals surface area contributed by atoms with E-state index in [0.717, 1.165) is 0 Å². The summed E-state index contributed by atoms with van der Waals surface area (Å²) >= 11 is 0. The topological polar surface area (TPSA) is 0 Å². The fourth-order valence-electron chi connectivity index (χ4n) is 2.44. The van der Waals surface area contributed by atoms with Crippen molar-refractivity contribution in [2.24, 2.45) is 11.3 Å². The van der Waals surface area contributed by atoms with E-state index in [1.165, 1.54) is 0 Å². The van der Waals surface area contributed by atoms with Crippen LogP contribution in [0.5, 0.6) is 0 Å². The predicted octanol–water partition coefficient (Wildman–Crippen LogP) is 7.31. The SMILES string of the molecule is FC(F)(F)C(F)(F)C(C(F)(C(F)(F)F)C(F)(F)F)C(C(F)(F)F)(C(F)(F)F)C(F)(F)F. The molecule has 0 fully saturated rings. The van der Waals surface area contributed by atoms with Gasteiger partial charge in [-0.25, -0.2) is 4.39 Å². The van der Waals surface area contributed by atoms with Crippen LogP contribution in [0.15, 0.2) is 0 Å². The lowest BCUT2D eigenvalue weighted by molar-refractivity contribution is -0.504. The van der Waals surface area contributed by atoms with Crippen LogP contribution in [0.2, 0.25) is 0 Å². The van der Waals surface area contributed by atoms with Gasteiger partial charge in [-0.2, -0.15) is 87.8 Å². The molecule has 1 unspecified atom stereocenters. The summed E-state index contributed by atoms with van der Waals surface area (Å²) in [5, 5.41) is 0. The molecule has 0 heterocycles. The fraction of sp³-hybridized carbons (Fsp3) is 1.00. The summed E-state index contributed by atoms with van der Waals surface area (Å²) in [6.45, 7) is 0. The van der Waals surface area contributed by atoms with E-state index in [2.05, 4.69) is 0 Å². The second-order valence-corrected chi connectivity index (χ2v) is 5.56. The Morgan fingerprint density at radius 1 is 0.290 bits per heavy atom.